The molecule has 26 heavy (non-hydrogen) atoms. The van der Waals surface area contributed by atoms with Crippen LogP contribution in [0.4, 0.5) is 0 Å². The van der Waals surface area contributed by atoms with Gasteiger partial charge in [0, 0.05) is 50.7 Å². The van der Waals surface area contributed by atoms with E-state index >= 15 is 0 Å². The van der Waals surface area contributed by atoms with E-state index in [1.165, 1.54) is 0 Å². The summed E-state index contributed by atoms with van der Waals surface area (Å²) in [7, 11) is 0. The molecule has 0 bridgehead atoms. The minimum absolute atomic E-state index is 0.0584. The molecule has 0 saturated heterocycles. The fourth-order valence-corrected chi connectivity index (χ4v) is 2.51. The zero-order valence-electron chi connectivity index (χ0n) is 15.0. The number of pyridine rings is 2. The number of carbonyl (C=O) groups excluding carboxylic acids is 2. The van der Waals surface area contributed by atoms with Crippen LogP contribution in [0.2, 0.25) is 0 Å². The summed E-state index contributed by atoms with van der Waals surface area (Å²) in [5.41, 5.74) is 2.00. The van der Waals surface area contributed by atoms with E-state index in [2.05, 4.69) is 20.6 Å². The molecule has 2 N–H and O–H groups in total. The van der Waals surface area contributed by atoms with Crippen molar-refractivity contribution in [3.63, 3.8) is 0 Å². The number of nitrogens with zero attached hydrogens (tertiary/aromatic N) is 2. The summed E-state index contributed by atoms with van der Waals surface area (Å²) < 4.78 is 0. The van der Waals surface area contributed by atoms with Gasteiger partial charge in [0.1, 0.15) is 0 Å². The molecular formula is C20H26N4O2. The minimum Gasteiger partial charge on any atom is -0.352 e. The number of rotatable bonds is 11. The second kappa shape index (κ2) is 11.7. The number of nitrogens with one attached hydrogen (secondary N) is 2. The Balaban J connectivity index is 1.45. The molecule has 0 fully saturated rings. The average Bonchev–Trinajstić information content (AvgIpc) is 2.69. The quantitative estimate of drug-likeness (QED) is 0.608. The lowest BCUT2D eigenvalue weighted by atomic mass is 10.1. The standard InChI is InChI=1S/C20H26N4O2/c25-19(23-15-17-7-5-11-21-13-17)9-3-1-2-4-10-20(26)24-16-18-8-6-12-22-14-18/h5-8,11-14H,1-4,9-10,15-16H2,(H,23,25)(H,24,26). The molecule has 2 heterocycles. The molecule has 0 aliphatic carbocycles. The van der Waals surface area contributed by atoms with Gasteiger partial charge in [-0.1, -0.05) is 25.0 Å². The van der Waals surface area contributed by atoms with Crippen LogP contribution in [0.15, 0.2) is 49.1 Å². The lowest BCUT2D eigenvalue weighted by molar-refractivity contribution is -0.122. The van der Waals surface area contributed by atoms with E-state index in [1.54, 1.807) is 24.8 Å². The fraction of sp³-hybridized carbons (Fsp3) is 0.400. The predicted molar refractivity (Wildman–Crippen MR) is 99.9 cm³/mol. The Kier molecular flexibility index (Phi) is 8.83. The van der Waals surface area contributed by atoms with Gasteiger partial charge < -0.3 is 10.6 Å². The smallest absolute Gasteiger partial charge is 0.220 e. The van der Waals surface area contributed by atoms with Gasteiger partial charge in [-0.05, 0) is 36.1 Å². The van der Waals surface area contributed by atoms with Crippen LogP contribution < -0.4 is 10.6 Å². The van der Waals surface area contributed by atoms with Crippen molar-refractivity contribution in [2.75, 3.05) is 0 Å². The van der Waals surface area contributed by atoms with Gasteiger partial charge in [0.05, 0.1) is 0 Å². The third-order valence-corrected chi connectivity index (χ3v) is 3.98. The molecule has 6 heteroatoms. The Labute approximate surface area is 154 Å². The molecule has 0 atom stereocenters. The summed E-state index contributed by atoms with van der Waals surface area (Å²) in [6, 6.07) is 7.59. The van der Waals surface area contributed by atoms with Crippen molar-refractivity contribution in [1.82, 2.24) is 20.6 Å². The molecule has 0 saturated carbocycles. The highest BCUT2D eigenvalue weighted by Crippen LogP contribution is 2.06. The number of amides is 2. The Hall–Kier alpha value is -2.76. The second-order valence-corrected chi connectivity index (χ2v) is 6.19. The van der Waals surface area contributed by atoms with E-state index in [9.17, 15) is 9.59 Å². The highest BCUT2D eigenvalue weighted by atomic mass is 16.2. The summed E-state index contributed by atoms with van der Waals surface area (Å²) in [6.07, 6.45) is 11.6. The largest absolute Gasteiger partial charge is 0.352 e. The SMILES string of the molecule is O=C(CCCCCCC(=O)NCc1cccnc1)NCc1cccnc1. The maximum Gasteiger partial charge on any atom is 0.220 e. The normalized spacial score (nSPS) is 10.3. The van der Waals surface area contributed by atoms with Crippen molar-refractivity contribution in [1.29, 1.82) is 0 Å². The monoisotopic (exact) mass is 354 g/mol. The molecule has 0 aromatic carbocycles. The molecule has 0 unspecified atom stereocenters. The van der Waals surface area contributed by atoms with Crippen LogP contribution in [0.3, 0.4) is 0 Å². The van der Waals surface area contributed by atoms with Gasteiger partial charge >= 0.3 is 0 Å². The third kappa shape index (κ3) is 8.37. The van der Waals surface area contributed by atoms with Gasteiger partial charge in [-0.25, -0.2) is 0 Å². The van der Waals surface area contributed by atoms with Gasteiger partial charge in [-0.2, -0.15) is 0 Å². The van der Waals surface area contributed by atoms with Gasteiger partial charge in [-0.3, -0.25) is 19.6 Å². The van der Waals surface area contributed by atoms with Crippen LogP contribution in [0, 0.1) is 0 Å². The molecule has 2 rings (SSSR count). The van der Waals surface area contributed by atoms with E-state index in [0.717, 1.165) is 36.8 Å². The van der Waals surface area contributed by atoms with Crippen LogP contribution in [0.5, 0.6) is 0 Å². The zero-order chi connectivity index (χ0) is 18.5. The van der Waals surface area contributed by atoms with E-state index in [0.29, 0.717) is 25.9 Å². The fourth-order valence-electron chi connectivity index (χ4n) is 2.51. The average molecular weight is 354 g/mol. The maximum absolute atomic E-state index is 11.8. The van der Waals surface area contributed by atoms with Crippen molar-refractivity contribution >= 4 is 11.8 Å². The van der Waals surface area contributed by atoms with Gasteiger partial charge in [0.25, 0.3) is 0 Å². The second-order valence-electron chi connectivity index (χ2n) is 6.19. The van der Waals surface area contributed by atoms with Gasteiger partial charge in [-0.15, -0.1) is 0 Å². The molecule has 0 aliphatic heterocycles. The number of aromatic nitrogens is 2. The third-order valence-electron chi connectivity index (χ3n) is 3.98. The van der Waals surface area contributed by atoms with Crippen LogP contribution in [-0.4, -0.2) is 21.8 Å². The van der Waals surface area contributed by atoms with Crippen molar-refractivity contribution in [2.45, 2.75) is 51.6 Å². The summed E-state index contributed by atoms with van der Waals surface area (Å²) in [5, 5.41) is 5.78. The number of hydrogen-bond donors (Lipinski definition) is 2. The van der Waals surface area contributed by atoms with Crippen LogP contribution >= 0.6 is 0 Å². The molecule has 2 amide bonds. The first-order chi connectivity index (χ1) is 12.7. The Morgan fingerprint density at radius 3 is 1.58 bits per heavy atom. The molecule has 2 aromatic heterocycles. The highest BCUT2D eigenvalue weighted by Gasteiger charge is 2.03. The molecule has 2 aromatic rings. The molecule has 0 aliphatic rings. The topological polar surface area (TPSA) is 84.0 Å². The van der Waals surface area contributed by atoms with Gasteiger partial charge in [0.15, 0.2) is 0 Å². The molecular weight excluding hydrogens is 328 g/mol. The van der Waals surface area contributed by atoms with Crippen molar-refractivity contribution in [2.24, 2.45) is 0 Å². The van der Waals surface area contributed by atoms with Crippen molar-refractivity contribution in [3.05, 3.63) is 60.2 Å². The summed E-state index contributed by atoms with van der Waals surface area (Å²) in [6.45, 7) is 1.04. The first-order valence-electron chi connectivity index (χ1n) is 9.05. The summed E-state index contributed by atoms with van der Waals surface area (Å²) in [4.78, 5) is 31.6. The van der Waals surface area contributed by atoms with Crippen molar-refractivity contribution < 1.29 is 9.59 Å². The number of unbranched alkanes of at least 4 members (excludes halogenated alkanes) is 3. The molecule has 0 spiro atoms. The summed E-state index contributed by atoms with van der Waals surface area (Å²) in [5.74, 6) is 0.117. The first-order valence-corrected chi connectivity index (χ1v) is 9.05. The van der Waals surface area contributed by atoms with Gasteiger partial charge in [0.2, 0.25) is 11.8 Å². The Morgan fingerprint density at radius 1 is 0.731 bits per heavy atom. The number of carbonyl (C=O) groups is 2. The van der Waals surface area contributed by atoms with Crippen LogP contribution in [0.25, 0.3) is 0 Å². The van der Waals surface area contributed by atoms with Crippen LogP contribution in [-0.2, 0) is 22.7 Å². The lowest BCUT2D eigenvalue weighted by Gasteiger charge is -2.06. The van der Waals surface area contributed by atoms with E-state index < -0.39 is 0 Å². The zero-order valence-corrected chi connectivity index (χ0v) is 15.0. The maximum atomic E-state index is 11.8. The van der Waals surface area contributed by atoms with E-state index in [1.807, 2.05) is 24.3 Å². The Bertz CT molecular complexity index is 603. The predicted octanol–water partition coefficient (Wildman–Crippen LogP) is 2.75. The van der Waals surface area contributed by atoms with Crippen molar-refractivity contribution in [3.8, 4) is 0 Å². The molecule has 138 valence electrons. The van der Waals surface area contributed by atoms with E-state index in [4.69, 9.17) is 0 Å². The van der Waals surface area contributed by atoms with Crippen LogP contribution in [0.1, 0.15) is 49.7 Å². The number of hydrogen-bond acceptors (Lipinski definition) is 4. The Morgan fingerprint density at radius 2 is 1.19 bits per heavy atom. The highest BCUT2D eigenvalue weighted by molar-refractivity contribution is 5.76. The first kappa shape index (κ1) is 19.6. The molecule has 6 nitrogen and oxygen atoms in total. The van der Waals surface area contributed by atoms with E-state index in [-0.39, 0.29) is 11.8 Å². The lowest BCUT2D eigenvalue weighted by Crippen LogP contribution is -2.22. The minimum atomic E-state index is 0.0584. The summed E-state index contributed by atoms with van der Waals surface area (Å²) >= 11 is 0. The molecule has 0 radical (unpaired) electrons.